The maximum absolute atomic E-state index is 14.2. The molecule has 33 heavy (non-hydrogen) atoms. The number of nitrogens with zero attached hydrogens (tertiary/aromatic N) is 1. The van der Waals surface area contributed by atoms with E-state index in [4.69, 9.17) is 9.47 Å². The Morgan fingerprint density at radius 1 is 1.06 bits per heavy atom. The smallest absolute Gasteiger partial charge is 0.255 e. The molecule has 0 bridgehead atoms. The van der Waals surface area contributed by atoms with Gasteiger partial charge in [0.05, 0.1) is 25.7 Å². The topological polar surface area (TPSA) is 67.9 Å². The van der Waals surface area contributed by atoms with Crippen molar-refractivity contribution in [2.45, 2.75) is 12.3 Å². The number of carbonyl (C=O) groups excluding carboxylic acids is 2. The fourth-order valence-electron chi connectivity index (χ4n) is 3.70. The molecule has 0 unspecified atom stereocenters. The van der Waals surface area contributed by atoms with Gasteiger partial charge in [-0.25, -0.2) is 4.39 Å². The molecular weight excluding hydrogens is 443 g/mol. The van der Waals surface area contributed by atoms with Crippen molar-refractivity contribution >= 4 is 35.0 Å². The lowest BCUT2D eigenvalue weighted by atomic mass is 10.1. The van der Waals surface area contributed by atoms with Crippen LogP contribution in [0.25, 0.3) is 0 Å². The number of nitrogens with one attached hydrogen (secondary N) is 1. The summed E-state index contributed by atoms with van der Waals surface area (Å²) in [6.45, 7) is 1.66. The minimum absolute atomic E-state index is 0.0865. The quantitative estimate of drug-likeness (QED) is 0.542. The molecule has 1 saturated heterocycles. The van der Waals surface area contributed by atoms with E-state index in [1.165, 1.54) is 32.0 Å². The Hall–Kier alpha value is -3.52. The second kappa shape index (κ2) is 9.54. The molecule has 0 spiro atoms. The third kappa shape index (κ3) is 4.66. The number of amides is 2. The van der Waals surface area contributed by atoms with E-state index >= 15 is 0 Å². The molecule has 1 aliphatic rings. The molecule has 3 aromatic carbocycles. The molecule has 0 aliphatic carbocycles. The fourth-order valence-corrected chi connectivity index (χ4v) is 4.86. The van der Waals surface area contributed by atoms with Crippen LogP contribution in [-0.2, 0) is 4.79 Å². The monoisotopic (exact) mass is 466 g/mol. The molecule has 1 heterocycles. The van der Waals surface area contributed by atoms with Crippen LogP contribution in [0, 0.1) is 12.7 Å². The first-order valence-electron chi connectivity index (χ1n) is 10.2. The van der Waals surface area contributed by atoms with Crippen LogP contribution in [0.2, 0.25) is 0 Å². The molecule has 2 amide bonds. The molecule has 0 aromatic heterocycles. The molecule has 1 fully saturated rings. The summed E-state index contributed by atoms with van der Waals surface area (Å²) in [4.78, 5) is 27.2. The zero-order chi connectivity index (χ0) is 23.5. The number of benzene rings is 3. The highest BCUT2D eigenvalue weighted by atomic mass is 32.2. The maximum Gasteiger partial charge on any atom is 0.255 e. The van der Waals surface area contributed by atoms with Gasteiger partial charge in [-0.2, -0.15) is 0 Å². The molecule has 6 nitrogen and oxygen atoms in total. The second-order valence-corrected chi connectivity index (χ2v) is 8.56. The summed E-state index contributed by atoms with van der Waals surface area (Å²) in [6.07, 6.45) is 0. The first-order chi connectivity index (χ1) is 15.9. The first-order valence-corrected chi connectivity index (χ1v) is 11.3. The lowest BCUT2D eigenvalue weighted by Crippen LogP contribution is -2.28. The van der Waals surface area contributed by atoms with Gasteiger partial charge in [0.1, 0.15) is 22.7 Å². The summed E-state index contributed by atoms with van der Waals surface area (Å²) in [5, 5.41) is 2.56. The summed E-state index contributed by atoms with van der Waals surface area (Å²) >= 11 is 1.46. The second-order valence-electron chi connectivity index (χ2n) is 7.49. The number of methoxy groups -OCH3 is 2. The van der Waals surface area contributed by atoms with E-state index in [-0.39, 0.29) is 23.0 Å². The highest BCUT2D eigenvalue weighted by Gasteiger charge is 2.35. The third-order valence-electron chi connectivity index (χ3n) is 5.41. The van der Waals surface area contributed by atoms with Gasteiger partial charge in [-0.05, 0) is 48.9 Å². The van der Waals surface area contributed by atoms with Gasteiger partial charge in [-0.3, -0.25) is 14.5 Å². The Balaban J connectivity index is 1.61. The van der Waals surface area contributed by atoms with Crippen LogP contribution < -0.4 is 19.7 Å². The molecule has 0 radical (unpaired) electrons. The number of ether oxygens (including phenoxy) is 2. The number of halogens is 1. The first kappa shape index (κ1) is 22.7. The number of rotatable bonds is 6. The zero-order valence-corrected chi connectivity index (χ0v) is 19.2. The average Bonchev–Trinajstić information content (AvgIpc) is 3.21. The zero-order valence-electron chi connectivity index (χ0n) is 18.4. The van der Waals surface area contributed by atoms with Gasteiger partial charge in [0.2, 0.25) is 5.91 Å². The summed E-state index contributed by atoms with van der Waals surface area (Å²) in [5.41, 5.74) is 2.77. The van der Waals surface area contributed by atoms with E-state index in [9.17, 15) is 14.0 Å². The Bertz CT molecular complexity index is 1190. The lowest BCUT2D eigenvalue weighted by molar-refractivity contribution is -0.115. The molecule has 1 N–H and O–H groups in total. The van der Waals surface area contributed by atoms with Crippen LogP contribution in [0.1, 0.15) is 26.9 Å². The van der Waals surface area contributed by atoms with Gasteiger partial charge in [0.25, 0.3) is 5.91 Å². The molecule has 3 aromatic rings. The molecule has 1 atom stereocenters. The number of carbonyl (C=O) groups is 2. The Morgan fingerprint density at radius 2 is 1.76 bits per heavy atom. The summed E-state index contributed by atoms with van der Waals surface area (Å²) in [7, 11) is 3.04. The predicted octanol–water partition coefficient (Wildman–Crippen LogP) is 5.18. The normalized spacial score (nSPS) is 15.5. The van der Waals surface area contributed by atoms with Crippen LogP contribution in [0.5, 0.6) is 11.5 Å². The minimum Gasteiger partial charge on any atom is -0.497 e. The molecule has 0 saturated carbocycles. The van der Waals surface area contributed by atoms with Gasteiger partial charge in [-0.15, -0.1) is 11.8 Å². The lowest BCUT2D eigenvalue weighted by Gasteiger charge is -2.26. The summed E-state index contributed by atoms with van der Waals surface area (Å²) in [5.74, 6) is 0.547. The van der Waals surface area contributed by atoms with Crippen LogP contribution >= 0.6 is 11.8 Å². The third-order valence-corrected chi connectivity index (χ3v) is 6.62. The molecule has 8 heteroatoms. The van der Waals surface area contributed by atoms with E-state index in [0.717, 1.165) is 5.56 Å². The Morgan fingerprint density at radius 3 is 2.45 bits per heavy atom. The van der Waals surface area contributed by atoms with Gasteiger partial charge in [0.15, 0.2) is 0 Å². The van der Waals surface area contributed by atoms with Crippen LogP contribution in [-0.4, -0.2) is 31.8 Å². The van der Waals surface area contributed by atoms with Gasteiger partial charge in [0, 0.05) is 22.9 Å². The Labute approximate surface area is 195 Å². The summed E-state index contributed by atoms with van der Waals surface area (Å²) in [6, 6.07) is 17.0. The summed E-state index contributed by atoms with van der Waals surface area (Å²) < 4.78 is 24.6. The molecular formula is C25H23FN2O4S. The van der Waals surface area contributed by atoms with Crippen molar-refractivity contribution in [1.82, 2.24) is 0 Å². The van der Waals surface area contributed by atoms with Crippen molar-refractivity contribution < 1.29 is 23.5 Å². The number of anilines is 2. The van der Waals surface area contributed by atoms with Gasteiger partial charge < -0.3 is 14.8 Å². The highest BCUT2D eigenvalue weighted by molar-refractivity contribution is 8.00. The van der Waals surface area contributed by atoms with Crippen LogP contribution in [0.15, 0.2) is 60.7 Å². The van der Waals surface area contributed by atoms with Crippen molar-refractivity contribution in [2.75, 3.05) is 30.2 Å². The molecule has 4 rings (SSSR count). The predicted molar refractivity (Wildman–Crippen MR) is 128 cm³/mol. The van der Waals surface area contributed by atoms with Crippen LogP contribution in [0.4, 0.5) is 15.8 Å². The SMILES string of the molecule is COc1cc(OC)cc(C(=O)Nc2cccc([C@H]3SCC(=O)N3c3cccc(F)c3C)c2)c1. The minimum atomic E-state index is -0.356. The molecule has 170 valence electrons. The number of thioether (sulfide) groups is 1. The van der Waals surface area contributed by atoms with Crippen molar-refractivity contribution in [3.63, 3.8) is 0 Å². The van der Waals surface area contributed by atoms with Gasteiger partial charge in [-0.1, -0.05) is 18.2 Å². The average molecular weight is 467 g/mol. The van der Waals surface area contributed by atoms with E-state index in [1.807, 2.05) is 18.2 Å². The van der Waals surface area contributed by atoms with Crippen molar-refractivity contribution in [2.24, 2.45) is 0 Å². The number of hydrogen-bond donors (Lipinski definition) is 1. The highest BCUT2D eigenvalue weighted by Crippen LogP contribution is 2.43. The van der Waals surface area contributed by atoms with Crippen molar-refractivity contribution in [1.29, 1.82) is 0 Å². The Kier molecular flexibility index (Phi) is 6.55. The van der Waals surface area contributed by atoms with Crippen molar-refractivity contribution in [3.05, 3.63) is 83.2 Å². The van der Waals surface area contributed by atoms with E-state index in [1.54, 1.807) is 48.2 Å². The largest absolute Gasteiger partial charge is 0.497 e. The number of hydrogen-bond acceptors (Lipinski definition) is 5. The fraction of sp³-hybridized carbons (Fsp3) is 0.200. The standard InChI is InChI=1S/C25H23FN2O4S/c1-15-21(26)8-5-9-22(15)28-23(29)14-33-25(28)16-6-4-7-18(10-16)27-24(30)17-11-19(31-2)13-20(12-17)32-3/h4-13,25H,14H2,1-3H3,(H,27,30)/t25-/m1/s1. The van der Waals surface area contributed by atoms with Crippen LogP contribution in [0.3, 0.4) is 0 Å². The van der Waals surface area contributed by atoms with Crippen molar-refractivity contribution in [3.8, 4) is 11.5 Å². The van der Waals surface area contributed by atoms with E-state index in [2.05, 4.69) is 5.32 Å². The van der Waals surface area contributed by atoms with E-state index < -0.39 is 0 Å². The van der Waals surface area contributed by atoms with E-state index in [0.29, 0.717) is 39.8 Å². The molecule has 1 aliphatic heterocycles. The van der Waals surface area contributed by atoms with Gasteiger partial charge >= 0.3 is 0 Å². The maximum atomic E-state index is 14.2.